The van der Waals surface area contributed by atoms with E-state index in [-0.39, 0.29) is 5.97 Å². The molecule has 0 saturated carbocycles. The molecule has 0 N–H and O–H groups in total. The third-order valence-electron chi connectivity index (χ3n) is 7.08. The summed E-state index contributed by atoms with van der Waals surface area (Å²) in [6, 6.07) is 20.0. The van der Waals surface area contributed by atoms with Crippen molar-refractivity contribution in [2.75, 3.05) is 16.9 Å². The lowest BCUT2D eigenvalue weighted by atomic mass is 9.91. The lowest BCUT2D eigenvalue weighted by molar-refractivity contribution is 0.0601. The molecular formula is C35H43BN2O2. The first-order valence-electron chi connectivity index (χ1n) is 14.2. The van der Waals surface area contributed by atoms with E-state index < -0.39 is 0 Å². The normalized spacial score (nSPS) is 12.9. The molecule has 0 spiro atoms. The fourth-order valence-electron chi connectivity index (χ4n) is 4.88. The molecule has 0 saturated heterocycles. The zero-order valence-electron chi connectivity index (χ0n) is 25.5. The van der Waals surface area contributed by atoms with Gasteiger partial charge < -0.3 is 14.5 Å². The van der Waals surface area contributed by atoms with Gasteiger partial charge in [-0.2, -0.15) is 0 Å². The third-order valence-corrected chi connectivity index (χ3v) is 7.08. The first-order valence-corrected chi connectivity index (χ1v) is 14.2. The van der Waals surface area contributed by atoms with Crippen molar-refractivity contribution in [2.45, 2.75) is 79.1 Å². The zero-order valence-corrected chi connectivity index (χ0v) is 25.5. The minimum atomic E-state index is -0.343. The fraction of sp³-hybridized carbons (Fsp3) is 0.371. The Bertz CT molecular complexity index is 1190. The van der Waals surface area contributed by atoms with Gasteiger partial charge in [0.25, 0.3) is 0 Å². The van der Waals surface area contributed by atoms with Gasteiger partial charge in [0.15, 0.2) is 0 Å². The van der Waals surface area contributed by atoms with Crippen LogP contribution in [0.3, 0.4) is 0 Å². The van der Waals surface area contributed by atoms with E-state index in [9.17, 15) is 4.79 Å². The van der Waals surface area contributed by atoms with Gasteiger partial charge in [0.1, 0.15) is 7.85 Å². The van der Waals surface area contributed by atoms with Gasteiger partial charge in [0, 0.05) is 12.4 Å². The molecule has 0 amide bonds. The van der Waals surface area contributed by atoms with Crippen LogP contribution in [0.4, 0.5) is 11.4 Å². The SMILES string of the molecule is CC(C)c1cccc(C(C)C)c1N1[C]N(c2c(C(C)C)cccc2C(C)C)C=C1.[B]c1ccc(C(=O)OC)cc1. The lowest BCUT2D eigenvalue weighted by Crippen LogP contribution is -2.23. The minimum absolute atomic E-state index is 0.343. The Morgan fingerprint density at radius 2 is 1.00 bits per heavy atom. The maximum absolute atomic E-state index is 10.9. The standard InChI is InChI=1S/C27H36N2.C8H7BO2/c1-18(2)22-11-9-12-23(19(3)4)26(22)28-15-16-29(17-28)27-24(20(5)6)13-10-14-25(27)21(7)8;1-11-8(10)6-2-4-7(9)5-3-6/h9-16,18-21H,1-8H3;2-5H,1H3. The number of methoxy groups -OCH3 is 1. The molecule has 0 aliphatic carbocycles. The van der Waals surface area contributed by atoms with Crippen LogP contribution in [-0.2, 0) is 4.74 Å². The summed E-state index contributed by atoms with van der Waals surface area (Å²) < 4.78 is 4.50. The fourth-order valence-corrected chi connectivity index (χ4v) is 4.88. The van der Waals surface area contributed by atoms with E-state index in [0.29, 0.717) is 34.7 Å². The highest BCUT2D eigenvalue weighted by Crippen LogP contribution is 2.42. The summed E-state index contributed by atoms with van der Waals surface area (Å²) in [6.07, 6.45) is 4.32. The van der Waals surface area contributed by atoms with Gasteiger partial charge in [0.2, 0.25) is 6.67 Å². The molecule has 5 heteroatoms. The van der Waals surface area contributed by atoms with E-state index in [4.69, 9.17) is 7.85 Å². The Morgan fingerprint density at radius 3 is 1.30 bits per heavy atom. The van der Waals surface area contributed by atoms with Crippen LogP contribution in [0, 0.1) is 6.67 Å². The second kappa shape index (κ2) is 13.7. The second-order valence-corrected chi connectivity index (χ2v) is 11.4. The first-order chi connectivity index (χ1) is 19.0. The number of anilines is 2. The summed E-state index contributed by atoms with van der Waals surface area (Å²) in [5.41, 5.74) is 9.20. The molecule has 0 bridgehead atoms. The maximum atomic E-state index is 10.9. The summed E-state index contributed by atoms with van der Waals surface area (Å²) in [5, 5.41) is 0. The minimum Gasteiger partial charge on any atom is -0.465 e. The molecule has 40 heavy (non-hydrogen) atoms. The number of carbonyl (C=O) groups excluding carboxylic acids is 1. The average Bonchev–Trinajstić information content (AvgIpc) is 3.42. The molecular weight excluding hydrogens is 491 g/mol. The number of ether oxygens (including phenoxy) is 1. The van der Waals surface area contributed by atoms with E-state index in [1.54, 1.807) is 24.3 Å². The number of hydrogen-bond acceptors (Lipinski definition) is 4. The van der Waals surface area contributed by atoms with Gasteiger partial charge in [-0.15, -0.1) is 0 Å². The molecule has 1 aliphatic rings. The molecule has 0 aromatic heterocycles. The van der Waals surface area contributed by atoms with E-state index in [1.165, 1.54) is 40.7 Å². The highest BCUT2D eigenvalue weighted by molar-refractivity contribution is 6.32. The number of hydrogen-bond donors (Lipinski definition) is 0. The zero-order chi connectivity index (χ0) is 29.6. The van der Waals surface area contributed by atoms with Crippen LogP contribution in [0.15, 0.2) is 73.1 Å². The topological polar surface area (TPSA) is 32.8 Å². The van der Waals surface area contributed by atoms with Crippen molar-refractivity contribution >= 4 is 30.7 Å². The number of rotatable bonds is 7. The number of esters is 1. The van der Waals surface area contributed by atoms with Crippen molar-refractivity contribution < 1.29 is 9.53 Å². The van der Waals surface area contributed by atoms with Crippen LogP contribution < -0.4 is 15.3 Å². The summed E-state index contributed by atoms with van der Waals surface area (Å²) in [5.74, 6) is 1.50. The lowest BCUT2D eigenvalue weighted by Gasteiger charge is -2.29. The Morgan fingerprint density at radius 1 is 0.650 bits per heavy atom. The van der Waals surface area contributed by atoms with Crippen molar-refractivity contribution in [1.82, 2.24) is 0 Å². The quantitative estimate of drug-likeness (QED) is 0.226. The molecule has 4 rings (SSSR count). The molecule has 0 fully saturated rings. The average molecular weight is 535 g/mol. The van der Waals surface area contributed by atoms with Gasteiger partial charge in [0.05, 0.1) is 24.0 Å². The highest BCUT2D eigenvalue weighted by atomic mass is 16.5. The number of carbonyl (C=O) groups is 1. The third kappa shape index (κ3) is 7.18. The highest BCUT2D eigenvalue weighted by Gasteiger charge is 2.27. The van der Waals surface area contributed by atoms with Crippen molar-refractivity contribution in [3.8, 4) is 0 Å². The molecule has 3 aromatic rings. The van der Waals surface area contributed by atoms with Crippen LogP contribution in [0.5, 0.6) is 0 Å². The first kappa shape index (κ1) is 31.1. The van der Waals surface area contributed by atoms with Gasteiger partial charge in [-0.3, -0.25) is 0 Å². The van der Waals surface area contributed by atoms with Gasteiger partial charge in [-0.1, -0.05) is 109 Å². The molecule has 4 nitrogen and oxygen atoms in total. The summed E-state index contributed by atoms with van der Waals surface area (Å²) in [6.45, 7) is 21.8. The van der Waals surface area contributed by atoms with E-state index in [2.05, 4.69) is 125 Å². The van der Waals surface area contributed by atoms with Crippen LogP contribution in [0.25, 0.3) is 0 Å². The molecule has 4 radical (unpaired) electrons. The largest absolute Gasteiger partial charge is 0.465 e. The van der Waals surface area contributed by atoms with Crippen LogP contribution in [-0.4, -0.2) is 20.9 Å². The van der Waals surface area contributed by atoms with E-state index >= 15 is 0 Å². The summed E-state index contributed by atoms with van der Waals surface area (Å²) >= 11 is 0. The number of nitrogens with zero attached hydrogens (tertiary/aromatic N) is 2. The van der Waals surface area contributed by atoms with Crippen LogP contribution >= 0.6 is 0 Å². The molecule has 1 heterocycles. The van der Waals surface area contributed by atoms with Crippen LogP contribution in [0.2, 0.25) is 0 Å². The Balaban J connectivity index is 0.000000336. The number of benzene rings is 3. The molecule has 0 atom stereocenters. The van der Waals surface area contributed by atoms with Gasteiger partial charge in [-0.05, 0) is 58.1 Å². The summed E-state index contributed by atoms with van der Waals surface area (Å²) in [4.78, 5) is 15.3. The Hall–Kier alpha value is -3.47. The maximum Gasteiger partial charge on any atom is 0.337 e. The molecule has 208 valence electrons. The van der Waals surface area contributed by atoms with E-state index in [1.807, 2.05) is 0 Å². The van der Waals surface area contributed by atoms with Gasteiger partial charge >= 0.3 is 5.97 Å². The second-order valence-electron chi connectivity index (χ2n) is 11.4. The molecule has 1 aliphatic heterocycles. The molecule has 0 unspecified atom stereocenters. The molecule has 3 aromatic carbocycles. The van der Waals surface area contributed by atoms with Crippen molar-refractivity contribution in [2.24, 2.45) is 0 Å². The van der Waals surface area contributed by atoms with Crippen molar-refractivity contribution in [3.63, 3.8) is 0 Å². The van der Waals surface area contributed by atoms with Crippen molar-refractivity contribution in [3.05, 3.63) is 108 Å². The predicted molar refractivity (Wildman–Crippen MR) is 170 cm³/mol. The van der Waals surface area contributed by atoms with Gasteiger partial charge in [-0.25, -0.2) is 4.79 Å². The monoisotopic (exact) mass is 534 g/mol. The predicted octanol–water partition coefficient (Wildman–Crippen LogP) is 8.24. The smallest absolute Gasteiger partial charge is 0.337 e. The number of para-hydroxylation sites is 2. The van der Waals surface area contributed by atoms with Crippen LogP contribution in [0.1, 0.15) is 112 Å². The Kier molecular flexibility index (Phi) is 10.7. The Labute approximate surface area is 243 Å². The van der Waals surface area contributed by atoms with E-state index in [0.717, 1.165) is 0 Å². The summed E-state index contributed by atoms with van der Waals surface area (Å²) in [7, 11) is 6.76. The van der Waals surface area contributed by atoms with Crippen molar-refractivity contribution in [1.29, 1.82) is 0 Å².